The van der Waals surface area contributed by atoms with E-state index in [2.05, 4.69) is 15.3 Å². The van der Waals surface area contributed by atoms with Gasteiger partial charge in [0.25, 0.3) is 5.91 Å². The van der Waals surface area contributed by atoms with Crippen LogP contribution in [0.3, 0.4) is 0 Å². The summed E-state index contributed by atoms with van der Waals surface area (Å²) in [6.07, 6.45) is 11.0. The molecule has 1 aliphatic heterocycles. The van der Waals surface area contributed by atoms with Gasteiger partial charge in [0.15, 0.2) is 0 Å². The van der Waals surface area contributed by atoms with Crippen LogP contribution < -0.4 is 5.32 Å². The minimum atomic E-state index is -0.191. The molecule has 3 aromatic heterocycles. The van der Waals surface area contributed by atoms with E-state index in [1.54, 1.807) is 18.5 Å². The molecule has 140 valence electrons. The Morgan fingerprint density at radius 2 is 1.96 bits per heavy atom. The van der Waals surface area contributed by atoms with E-state index in [4.69, 9.17) is 4.74 Å². The third kappa shape index (κ3) is 3.78. The van der Waals surface area contributed by atoms with Crippen molar-refractivity contribution in [3.63, 3.8) is 0 Å². The second kappa shape index (κ2) is 7.75. The Kier molecular flexibility index (Phi) is 5.02. The molecule has 0 aliphatic carbocycles. The molecule has 27 heavy (non-hydrogen) atoms. The van der Waals surface area contributed by atoms with Crippen LogP contribution in [0.1, 0.15) is 35.2 Å². The Labute approximate surface area is 158 Å². The van der Waals surface area contributed by atoms with Gasteiger partial charge >= 0.3 is 0 Å². The molecule has 0 spiro atoms. The van der Waals surface area contributed by atoms with Crippen molar-refractivity contribution in [3.05, 3.63) is 66.8 Å². The van der Waals surface area contributed by atoms with E-state index in [9.17, 15) is 4.79 Å². The van der Waals surface area contributed by atoms with Crippen LogP contribution in [-0.2, 0) is 11.8 Å². The lowest BCUT2D eigenvalue weighted by Crippen LogP contribution is -2.37. The third-order valence-electron chi connectivity index (χ3n) is 5.04. The summed E-state index contributed by atoms with van der Waals surface area (Å²) < 4.78 is 9.40. The van der Waals surface area contributed by atoms with Gasteiger partial charge in [0.05, 0.1) is 6.04 Å². The molecule has 7 nitrogen and oxygen atoms in total. The molecule has 0 bridgehead atoms. The zero-order valence-electron chi connectivity index (χ0n) is 15.3. The number of hydrogen-bond donors (Lipinski definition) is 1. The maximum Gasteiger partial charge on any atom is 0.270 e. The number of carbonyl (C=O) groups excluding carboxylic acids is 1. The van der Waals surface area contributed by atoms with E-state index in [0.717, 1.165) is 24.4 Å². The lowest BCUT2D eigenvalue weighted by molar-refractivity contribution is 0.0498. The van der Waals surface area contributed by atoms with E-state index >= 15 is 0 Å². The lowest BCUT2D eigenvalue weighted by atomic mass is 9.91. The second-order valence-electron chi connectivity index (χ2n) is 6.79. The van der Waals surface area contributed by atoms with Gasteiger partial charge in [0.2, 0.25) is 0 Å². The van der Waals surface area contributed by atoms with Crippen LogP contribution in [0.4, 0.5) is 0 Å². The van der Waals surface area contributed by atoms with Crippen LogP contribution in [0.15, 0.2) is 55.2 Å². The van der Waals surface area contributed by atoms with Gasteiger partial charge in [-0.05, 0) is 43.0 Å². The van der Waals surface area contributed by atoms with Crippen molar-refractivity contribution in [3.8, 4) is 5.69 Å². The Hall–Kier alpha value is -2.93. The van der Waals surface area contributed by atoms with E-state index in [1.807, 2.05) is 53.0 Å². The number of pyridine rings is 1. The molecular weight excluding hydrogens is 342 g/mol. The molecule has 0 radical (unpaired) electrons. The summed E-state index contributed by atoms with van der Waals surface area (Å²) in [4.78, 5) is 21.7. The highest BCUT2D eigenvalue weighted by Crippen LogP contribution is 2.29. The van der Waals surface area contributed by atoms with Crippen molar-refractivity contribution < 1.29 is 9.53 Å². The number of carbonyl (C=O) groups is 1. The first-order valence-corrected chi connectivity index (χ1v) is 9.17. The molecule has 1 unspecified atom stereocenters. The number of ether oxygens (including phenoxy) is 1. The number of imidazole rings is 1. The summed E-state index contributed by atoms with van der Waals surface area (Å²) in [5.74, 6) is 0.955. The number of nitrogens with zero attached hydrogens (tertiary/aromatic N) is 4. The first-order chi connectivity index (χ1) is 13.2. The SMILES string of the molecule is Cn1ccnc1C(NC(=O)c1cc(-n2cccc2)ccn1)C1CCOCC1. The summed E-state index contributed by atoms with van der Waals surface area (Å²) in [5, 5.41) is 3.17. The van der Waals surface area contributed by atoms with Crippen LogP contribution in [-0.4, -0.2) is 38.2 Å². The Morgan fingerprint density at radius 3 is 2.67 bits per heavy atom. The van der Waals surface area contributed by atoms with Crippen LogP contribution in [0.2, 0.25) is 0 Å². The van der Waals surface area contributed by atoms with Crippen LogP contribution >= 0.6 is 0 Å². The summed E-state index contributed by atoms with van der Waals surface area (Å²) >= 11 is 0. The molecule has 7 heteroatoms. The van der Waals surface area contributed by atoms with Crippen molar-refractivity contribution in [2.45, 2.75) is 18.9 Å². The van der Waals surface area contributed by atoms with Crippen LogP contribution in [0.25, 0.3) is 5.69 Å². The summed E-state index contributed by atoms with van der Waals surface area (Å²) in [6.45, 7) is 1.42. The number of nitrogens with one attached hydrogen (secondary N) is 1. The minimum Gasteiger partial charge on any atom is -0.381 e. The van der Waals surface area contributed by atoms with Crippen molar-refractivity contribution >= 4 is 5.91 Å². The van der Waals surface area contributed by atoms with E-state index in [0.29, 0.717) is 18.9 Å². The Balaban J connectivity index is 1.58. The molecular formula is C20H23N5O2. The smallest absolute Gasteiger partial charge is 0.270 e. The number of rotatable bonds is 5. The highest BCUT2D eigenvalue weighted by atomic mass is 16.5. The largest absolute Gasteiger partial charge is 0.381 e. The highest BCUT2D eigenvalue weighted by molar-refractivity contribution is 5.93. The quantitative estimate of drug-likeness (QED) is 0.754. The molecule has 1 aliphatic rings. The molecule has 1 N–H and O–H groups in total. The van der Waals surface area contributed by atoms with Gasteiger partial charge in [-0.1, -0.05) is 0 Å². The zero-order chi connectivity index (χ0) is 18.6. The van der Waals surface area contributed by atoms with Crippen molar-refractivity contribution in [2.24, 2.45) is 13.0 Å². The average molecular weight is 365 g/mol. The average Bonchev–Trinajstić information content (AvgIpc) is 3.39. The highest BCUT2D eigenvalue weighted by Gasteiger charge is 2.30. The normalized spacial score (nSPS) is 16.2. The fourth-order valence-electron chi connectivity index (χ4n) is 3.55. The maximum atomic E-state index is 13.0. The van der Waals surface area contributed by atoms with Crippen molar-refractivity contribution in [1.29, 1.82) is 0 Å². The minimum absolute atomic E-state index is 0.168. The lowest BCUT2D eigenvalue weighted by Gasteiger charge is -2.30. The molecule has 1 saturated heterocycles. The first kappa shape index (κ1) is 17.5. The molecule has 0 saturated carbocycles. The van der Waals surface area contributed by atoms with Gasteiger partial charge in [-0.25, -0.2) is 4.98 Å². The van der Waals surface area contributed by atoms with Crippen molar-refractivity contribution in [1.82, 2.24) is 24.4 Å². The molecule has 1 amide bonds. The van der Waals surface area contributed by atoms with Gasteiger partial charge in [-0.3, -0.25) is 9.78 Å². The second-order valence-corrected chi connectivity index (χ2v) is 6.79. The molecule has 0 aromatic carbocycles. The van der Waals surface area contributed by atoms with Gasteiger partial charge < -0.3 is 19.2 Å². The standard InChI is InChI=1S/C20H23N5O2/c1-24-11-8-22-19(24)18(15-5-12-27-13-6-15)23-20(26)17-14-16(4-7-21-17)25-9-2-3-10-25/h2-4,7-11,14-15,18H,5-6,12-13H2,1H3,(H,23,26). The van der Waals surface area contributed by atoms with Gasteiger partial charge in [-0.15, -0.1) is 0 Å². The first-order valence-electron chi connectivity index (χ1n) is 9.17. The predicted octanol–water partition coefficient (Wildman–Crippen LogP) is 2.50. The summed E-state index contributed by atoms with van der Waals surface area (Å²) in [7, 11) is 1.95. The van der Waals surface area contributed by atoms with E-state index in [-0.39, 0.29) is 17.9 Å². The topological polar surface area (TPSA) is 74.0 Å². The van der Waals surface area contributed by atoms with Crippen LogP contribution in [0, 0.1) is 5.92 Å². The molecule has 1 atom stereocenters. The molecule has 1 fully saturated rings. The maximum absolute atomic E-state index is 13.0. The van der Waals surface area contributed by atoms with Crippen molar-refractivity contribution in [2.75, 3.05) is 13.2 Å². The molecule has 3 aromatic rings. The fourth-order valence-corrected chi connectivity index (χ4v) is 3.55. The molecule has 4 heterocycles. The van der Waals surface area contributed by atoms with Gasteiger partial charge in [-0.2, -0.15) is 0 Å². The summed E-state index contributed by atoms with van der Waals surface area (Å²) in [6, 6.07) is 7.41. The fraction of sp³-hybridized carbons (Fsp3) is 0.350. The number of aromatic nitrogens is 4. The summed E-state index contributed by atoms with van der Waals surface area (Å²) in [5.41, 5.74) is 1.30. The number of aryl methyl sites for hydroxylation is 1. The number of amides is 1. The number of hydrogen-bond acceptors (Lipinski definition) is 4. The molecule has 4 rings (SSSR count). The van der Waals surface area contributed by atoms with Gasteiger partial charge in [0.1, 0.15) is 11.5 Å². The van der Waals surface area contributed by atoms with E-state index in [1.165, 1.54) is 0 Å². The monoisotopic (exact) mass is 365 g/mol. The zero-order valence-corrected chi connectivity index (χ0v) is 15.3. The van der Waals surface area contributed by atoms with E-state index < -0.39 is 0 Å². The Morgan fingerprint density at radius 1 is 1.19 bits per heavy atom. The van der Waals surface area contributed by atoms with Crippen LogP contribution in [0.5, 0.6) is 0 Å². The Bertz CT molecular complexity index is 897. The van der Waals surface area contributed by atoms with Gasteiger partial charge in [0, 0.05) is 56.9 Å². The predicted molar refractivity (Wildman–Crippen MR) is 101 cm³/mol. The third-order valence-corrected chi connectivity index (χ3v) is 5.04.